The third-order valence-electron chi connectivity index (χ3n) is 9.27. The van der Waals surface area contributed by atoms with E-state index in [1.807, 2.05) is 0 Å². The molecule has 33 heavy (non-hydrogen) atoms. The molecule has 4 aliphatic rings. The van der Waals surface area contributed by atoms with Crippen LogP contribution in [0.5, 0.6) is 0 Å². The normalized spacial score (nSPS) is 48.4. The quantitative estimate of drug-likeness (QED) is 0.481. The molecule has 182 valence electrons. The minimum atomic E-state index is -2.25. The van der Waals surface area contributed by atoms with Crippen molar-refractivity contribution in [2.45, 2.75) is 76.9 Å². The van der Waals surface area contributed by atoms with Gasteiger partial charge >= 0.3 is 5.97 Å². The Morgan fingerprint density at radius 3 is 2.55 bits per heavy atom. The zero-order chi connectivity index (χ0) is 24.6. The van der Waals surface area contributed by atoms with Gasteiger partial charge in [-0.05, 0) is 49.8 Å². The van der Waals surface area contributed by atoms with Gasteiger partial charge in [0.2, 0.25) is 0 Å². The highest BCUT2D eigenvalue weighted by molar-refractivity contribution is 6.29. The van der Waals surface area contributed by atoms with E-state index in [-0.39, 0.29) is 24.8 Å². The first-order chi connectivity index (χ1) is 15.3. The summed E-state index contributed by atoms with van der Waals surface area (Å²) in [5, 5.41) is 11.4. The minimum Gasteiger partial charge on any atom is -0.450 e. The average molecular weight is 485 g/mol. The topological polar surface area (TPSA) is 80.7 Å². The molecule has 4 aliphatic carbocycles. The molecule has 0 aromatic heterocycles. The lowest BCUT2D eigenvalue weighted by Crippen LogP contribution is -2.71. The SMILES string of the molecule is CCC(=O)O[C@@]1(C(=O)CCl)[C@@H](C)C[C@H]2[C@@H]3C[C@H](F)C4=CC(=O)C=C[C@@]4(C)[C@]3(F)[C@@H](O)C[C@]21C. The third-order valence-corrected chi connectivity index (χ3v) is 9.51. The van der Waals surface area contributed by atoms with Crippen molar-refractivity contribution >= 4 is 29.1 Å². The van der Waals surface area contributed by atoms with Crippen LogP contribution in [0.25, 0.3) is 0 Å². The van der Waals surface area contributed by atoms with E-state index in [2.05, 4.69) is 0 Å². The van der Waals surface area contributed by atoms with Gasteiger partial charge in [-0.1, -0.05) is 26.8 Å². The summed E-state index contributed by atoms with van der Waals surface area (Å²) in [7, 11) is 0. The maximum absolute atomic E-state index is 17.2. The molecule has 0 heterocycles. The van der Waals surface area contributed by atoms with Gasteiger partial charge < -0.3 is 9.84 Å². The fourth-order valence-corrected chi connectivity index (χ4v) is 7.94. The number of hydrogen-bond acceptors (Lipinski definition) is 5. The second kappa shape index (κ2) is 7.70. The van der Waals surface area contributed by atoms with E-state index in [1.54, 1.807) is 20.8 Å². The third kappa shape index (κ3) is 2.87. The Morgan fingerprint density at radius 2 is 1.94 bits per heavy atom. The van der Waals surface area contributed by atoms with E-state index in [1.165, 1.54) is 19.1 Å². The molecule has 0 aromatic rings. The molecule has 1 N–H and O–H groups in total. The van der Waals surface area contributed by atoms with E-state index < -0.39 is 75.5 Å². The zero-order valence-electron chi connectivity index (χ0n) is 19.4. The van der Waals surface area contributed by atoms with E-state index >= 15 is 8.78 Å². The highest BCUT2D eigenvalue weighted by Gasteiger charge is 2.77. The van der Waals surface area contributed by atoms with Gasteiger partial charge in [-0.25, -0.2) is 8.78 Å². The first-order valence-electron chi connectivity index (χ1n) is 11.6. The molecule has 0 spiro atoms. The fourth-order valence-electron chi connectivity index (χ4n) is 7.74. The maximum atomic E-state index is 17.2. The van der Waals surface area contributed by atoms with E-state index in [9.17, 15) is 19.5 Å². The van der Waals surface area contributed by atoms with Crippen LogP contribution in [0.15, 0.2) is 23.8 Å². The van der Waals surface area contributed by atoms with Crippen molar-refractivity contribution in [1.29, 1.82) is 0 Å². The average Bonchev–Trinajstić information content (AvgIpc) is 2.98. The van der Waals surface area contributed by atoms with Crippen LogP contribution in [0.3, 0.4) is 0 Å². The number of ketones is 2. The smallest absolute Gasteiger partial charge is 0.306 e. The second-order valence-electron chi connectivity index (χ2n) is 10.6. The molecule has 0 radical (unpaired) electrons. The fraction of sp³-hybridized carbons (Fsp3) is 0.720. The monoisotopic (exact) mass is 484 g/mol. The number of hydrogen-bond donors (Lipinski definition) is 1. The number of esters is 1. The number of alkyl halides is 3. The van der Waals surface area contributed by atoms with Crippen LogP contribution < -0.4 is 0 Å². The number of aliphatic hydroxyl groups is 1. The summed E-state index contributed by atoms with van der Waals surface area (Å²) >= 11 is 5.97. The van der Waals surface area contributed by atoms with Crippen LogP contribution in [0.2, 0.25) is 0 Å². The number of aliphatic hydroxyl groups excluding tert-OH is 1. The molecule has 0 bridgehead atoms. The Bertz CT molecular complexity index is 964. The number of halogens is 3. The summed E-state index contributed by atoms with van der Waals surface area (Å²) in [5.41, 5.74) is -6.47. The predicted octanol–water partition coefficient (Wildman–Crippen LogP) is 4.05. The summed E-state index contributed by atoms with van der Waals surface area (Å²) in [6, 6.07) is 0. The Balaban J connectivity index is 1.88. The highest BCUT2D eigenvalue weighted by Crippen LogP contribution is 2.71. The molecule has 0 aromatic carbocycles. The molecule has 0 saturated heterocycles. The van der Waals surface area contributed by atoms with Gasteiger partial charge in [-0.2, -0.15) is 0 Å². The van der Waals surface area contributed by atoms with Gasteiger partial charge in [0.25, 0.3) is 0 Å². The lowest BCUT2D eigenvalue weighted by molar-refractivity contribution is -0.230. The first-order valence-corrected chi connectivity index (χ1v) is 12.1. The summed E-state index contributed by atoms with van der Waals surface area (Å²) in [6.45, 7) is 6.64. The van der Waals surface area contributed by atoms with Crippen LogP contribution >= 0.6 is 11.6 Å². The molecule has 4 rings (SSSR count). The lowest BCUT2D eigenvalue weighted by atomic mass is 9.44. The van der Waals surface area contributed by atoms with Crippen molar-refractivity contribution in [3.8, 4) is 0 Å². The molecule has 9 atom stereocenters. The summed E-state index contributed by atoms with van der Waals surface area (Å²) in [4.78, 5) is 37.7. The van der Waals surface area contributed by atoms with Crippen molar-refractivity contribution < 1.29 is 33.0 Å². The lowest BCUT2D eigenvalue weighted by Gasteiger charge is -2.63. The van der Waals surface area contributed by atoms with Crippen LogP contribution in [-0.2, 0) is 19.1 Å². The Labute approximate surface area is 197 Å². The zero-order valence-corrected chi connectivity index (χ0v) is 20.1. The van der Waals surface area contributed by atoms with Crippen LogP contribution in [0.1, 0.15) is 53.4 Å². The molecular weight excluding hydrogens is 454 g/mol. The Hall–Kier alpha value is -1.60. The van der Waals surface area contributed by atoms with Crippen LogP contribution in [0, 0.1) is 28.6 Å². The second-order valence-corrected chi connectivity index (χ2v) is 10.9. The molecular formula is C25H31ClF2O5. The number of rotatable bonds is 4. The number of Topliss-reactive ketones (excluding diaryl/α,β-unsaturated/α-hetero) is 1. The van der Waals surface area contributed by atoms with Gasteiger partial charge in [0.05, 0.1) is 12.0 Å². The maximum Gasteiger partial charge on any atom is 0.306 e. The van der Waals surface area contributed by atoms with E-state index in [4.69, 9.17) is 16.3 Å². The molecule has 0 amide bonds. The standard InChI is InChI=1S/C25H31ClF2O5/c1-5-21(32)33-25(20(31)12-26)13(2)8-15-16-10-18(27)17-9-14(29)6-7-22(17,3)24(16,28)19(30)11-23(15,25)4/h6-7,9,13,15-16,18-19,30H,5,8,10-12H2,1-4H3/t13-,15-,16-,18-,19-,22+,23+,24+,25+/m0/s1. The minimum absolute atomic E-state index is 0.0431. The highest BCUT2D eigenvalue weighted by atomic mass is 35.5. The molecule has 8 heteroatoms. The van der Waals surface area contributed by atoms with Gasteiger partial charge in [0.15, 0.2) is 22.8 Å². The summed E-state index contributed by atoms with van der Waals surface area (Å²) < 4.78 is 38.5. The molecule has 0 unspecified atom stereocenters. The van der Waals surface area contributed by atoms with Crippen molar-refractivity contribution in [2.24, 2.45) is 28.6 Å². The van der Waals surface area contributed by atoms with Crippen LogP contribution in [-0.4, -0.2) is 52.1 Å². The van der Waals surface area contributed by atoms with E-state index in [0.29, 0.717) is 6.42 Å². The van der Waals surface area contributed by atoms with E-state index in [0.717, 1.165) is 6.08 Å². The van der Waals surface area contributed by atoms with Crippen molar-refractivity contribution in [1.82, 2.24) is 0 Å². The molecule has 0 aliphatic heterocycles. The molecule has 3 fully saturated rings. The first kappa shape index (κ1) is 24.5. The Morgan fingerprint density at radius 1 is 1.27 bits per heavy atom. The number of carbonyl (C=O) groups is 3. The number of allylic oxidation sites excluding steroid dienone is 4. The van der Waals surface area contributed by atoms with Gasteiger partial charge in [0.1, 0.15) is 6.17 Å². The van der Waals surface area contributed by atoms with Crippen molar-refractivity contribution in [3.63, 3.8) is 0 Å². The van der Waals surface area contributed by atoms with Gasteiger partial charge in [0, 0.05) is 29.1 Å². The number of ether oxygens (including phenoxy) is 1. The summed E-state index contributed by atoms with van der Waals surface area (Å²) in [5.74, 6) is -3.84. The van der Waals surface area contributed by atoms with Crippen molar-refractivity contribution in [2.75, 3.05) is 5.88 Å². The van der Waals surface area contributed by atoms with Crippen molar-refractivity contribution in [3.05, 3.63) is 23.8 Å². The summed E-state index contributed by atoms with van der Waals surface area (Å²) in [6.07, 6.45) is 0.584. The molecule has 3 saturated carbocycles. The van der Waals surface area contributed by atoms with Gasteiger partial charge in [-0.15, -0.1) is 11.6 Å². The number of fused-ring (bicyclic) bond motifs is 5. The predicted molar refractivity (Wildman–Crippen MR) is 118 cm³/mol. The largest absolute Gasteiger partial charge is 0.450 e. The van der Waals surface area contributed by atoms with Gasteiger partial charge in [-0.3, -0.25) is 14.4 Å². The molecule has 5 nitrogen and oxygen atoms in total. The van der Waals surface area contributed by atoms with Crippen LogP contribution in [0.4, 0.5) is 8.78 Å². The number of carbonyl (C=O) groups excluding carboxylic acids is 3. The Kier molecular flexibility index (Phi) is 5.73.